The van der Waals surface area contributed by atoms with Crippen LogP contribution in [0.1, 0.15) is 12.8 Å². The maximum absolute atomic E-state index is 12.6. The molecule has 0 amide bonds. The number of ether oxygens (including phenoxy) is 3. The van der Waals surface area contributed by atoms with E-state index in [2.05, 4.69) is 4.74 Å². The largest absolute Gasteiger partial charge is 0.394 e. The van der Waals surface area contributed by atoms with E-state index in [9.17, 15) is 50.4 Å². The predicted octanol–water partition coefficient (Wildman–Crippen LogP) is -8.18. The lowest BCUT2D eigenvalue weighted by molar-refractivity contribution is -0.307. The number of aliphatic hydroxyl groups is 10. The molecule has 17 heteroatoms. The Morgan fingerprint density at radius 3 is 1.40 bits per heavy atom. The van der Waals surface area contributed by atoms with E-state index in [4.69, 9.17) is 31.2 Å². The molecule has 0 aromatic carbocycles. The second kappa shape index (κ2) is 11.3. The summed E-state index contributed by atoms with van der Waals surface area (Å²) in [5.74, 6) is -10.1. The molecule has 0 aromatic heterocycles. The van der Waals surface area contributed by atoms with Crippen molar-refractivity contribution in [2.45, 2.75) is 85.3 Å². The summed E-state index contributed by atoms with van der Waals surface area (Å²) >= 11 is 0. The predicted molar refractivity (Wildman–Crippen MR) is 106 cm³/mol. The van der Waals surface area contributed by atoms with E-state index in [1.165, 1.54) is 0 Å². The molecule has 0 aliphatic carbocycles. The van der Waals surface area contributed by atoms with E-state index in [0.717, 1.165) is 0 Å². The van der Waals surface area contributed by atoms with E-state index >= 15 is 0 Å². The summed E-state index contributed by atoms with van der Waals surface area (Å²) in [6, 6.07) is -2.92. The van der Waals surface area contributed by atoms with E-state index in [-0.39, 0.29) is 0 Å². The first kappa shape index (κ1) is 29.8. The Kier molecular flexibility index (Phi) is 9.64. The van der Waals surface area contributed by atoms with E-state index in [1.54, 1.807) is 0 Å². The molecule has 14 N–H and O–H groups in total. The third-order valence-electron chi connectivity index (χ3n) is 5.94. The van der Waals surface area contributed by atoms with E-state index in [0.29, 0.717) is 0 Å². The van der Waals surface area contributed by atoms with Gasteiger partial charge in [-0.3, -0.25) is 0 Å². The zero-order chi connectivity index (χ0) is 26.9. The number of nitrogens with two attached hydrogens (primary N) is 2. The minimum atomic E-state index is -3.14. The van der Waals surface area contributed by atoms with Crippen LogP contribution in [-0.2, 0) is 23.8 Å². The number of rotatable bonds is 8. The van der Waals surface area contributed by atoms with Crippen LogP contribution in [-0.4, -0.2) is 149 Å². The molecule has 0 aromatic rings. The first-order chi connectivity index (χ1) is 16.1. The van der Waals surface area contributed by atoms with Gasteiger partial charge in [-0.1, -0.05) is 0 Å². The standard InChI is InChI=1S/C18H32N2O15/c19-9-5(23)1-17(31,34-13(9)11(27)7(25)3-21)15(29)33-16(30)18(32)2-6(24)10(20)14(35-18)12(28)8(26)4-22/h5-14,21-28,31-32H,1-4,19-20H2/t5-,6-,7+,8+,9+,10+,11+,12+,13+,14+,17?,18?/m0/s1. The zero-order valence-corrected chi connectivity index (χ0v) is 18.3. The van der Waals surface area contributed by atoms with Crippen LogP contribution in [0, 0.1) is 0 Å². The van der Waals surface area contributed by atoms with Crippen LogP contribution in [0.5, 0.6) is 0 Å². The molecule has 0 bridgehead atoms. The molecule has 12 atom stereocenters. The lowest BCUT2D eigenvalue weighted by atomic mass is 9.89. The summed E-state index contributed by atoms with van der Waals surface area (Å²) in [6.45, 7) is -1.95. The van der Waals surface area contributed by atoms with Gasteiger partial charge in [-0.25, -0.2) is 9.59 Å². The van der Waals surface area contributed by atoms with Crippen LogP contribution in [0.2, 0.25) is 0 Å². The Balaban J connectivity index is 2.20. The molecule has 2 heterocycles. The van der Waals surface area contributed by atoms with Crippen LogP contribution < -0.4 is 11.5 Å². The molecule has 0 spiro atoms. The molecule has 17 nitrogen and oxygen atoms in total. The van der Waals surface area contributed by atoms with Gasteiger partial charge in [0.2, 0.25) is 0 Å². The average molecular weight is 516 g/mol. The zero-order valence-electron chi connectivity index (χ0n) is 18.3. The van der Waals surface area contributed by atoms with Crippen LogP contribution in [0.25, 0.3) is 0 Å². The van der Waals surface area contributed by atoms with Crippen molar-refractivity contribution in [1.82, 2.24) is 0 Å². The summed E-state index contributed by atoms with van der Waals surface area (Å²) in [6.07, 6.45) is -16.8. The molecular formula is C18H32N2O15. The first-order valence-corrected chi connectivity index (χ1v) is 10.5. The van der Waals surface area contributed by atoms with Crippen molar-refractivity contribution in [3.63, 3.8) is 0 Å². The Labute approximate surface area is 197 Å². The monoisotopic (exact) mass is 516 g/mol. The highest BCUT2D eigenvalue weighted by molar-refractivity contribution is 5.92. The first-order valence-electron chi connectivity index (χ1n) is 10.5. The van der Waals surface area contributed by atoms with Gasteiger partial charge >= 0.3 is 11.9 Å². The molecule has 2 rings (SSSR count). The van der Waals surface area contributed by atoms with Crippen molar-refractivity contribution in [3.8, 4) is 0 Å². The minimum absolute atomic E-state index is 0.974. The molecule has 2 saturated heterocycles. The van der Waals surface area contributed by atoms with Crippen molar-refractivity contribution < 1.29 is 74.9 Å². The fourth-order valence-electron chi connectivity index (χ4n) is 3.74. The van der Waals surface area contributed by atoms with Gasteiger partial charge in [0.1, 0.15) is 36.6 Å². The lowest BCUT2D eigenvalue weighted by Gasteiger charge is -2.45. The molecule has 2 aliphatic heterocycles. The number of carbonyl (C=O) groups is 2. The fraction of sp³-hybridized carbons (Fsp3) is 0.889. The molecule has 35 heavy (non-hydrogen) atoms. The summed E-state index contributed by atoms with van der Waals surface area (Å²) in [4.78, 5) is 25.1. The van der Waals surface area contributed by atoms with Gasteiger partial charge in [-0.15, -0.1) is 0 Å². The van der Waals surface area contributed by atoms with Crippen molar-refractivity contribution >= 4 is 11.9 Å². The van der Waals surface area contributed by atoms with Crippen LogP contribution in [0.15, 0.2) is 0 Å². The molecule has 2 fully saturated rings. The highest BCUT2D eigenvalue weighted by atomic mass is 16.7. The van der Waals surface area contributed by atoms with Crippen molar-refractivity contribution in [1.29, 1.82) is 0 Å². The fourth-order valence-corrected chi connectivity index (χ4v) is 3.74. The van der Waals surface area contributed by atoms with E-state index in [1.807, 2.05) is 0 Å². The topological polar surface area (TPSA) is 316 Å². The number of hydrogen-bond acceptors (Lipinski definition) is 17. The maximum Gasteiger partial charge on any atom is 0.374 e. The highest BCUT2D eigenvalue weighted by Crippen LogP contribution is 2.33. The van der Waals surface area contributed by atoms with Gasteiger partial charge in [-0.05, 0) is 0 Å². The van der Waals surface area contributed by atoms with E-state index < -0.39 is 110 Å². The summed E-state index contributed by atoms with van der Waals surface area (Å²) in [7, 11) is 0. The third-order valence-corrected chi connectivity index (χ3v) is 5.94. The molecule has 2 unspecified atom stereocenters. The summed E-state index contributed by atoms with van der Waals surface area (Å²) < 4.78 is 14.4. The lowest BCUT2D eigenvalue weighted by Crippen LogP contribution is -2.67. The Morgan fingerprint density at radius 1 is 0.800 bits per heavy atom. The van der Waals surface area contributed by atoms with Crippen molar-refractivity contribution in [2.24, 2.45) is 11.5 Å². The highest BCUT2D eigenvalue weighted by Gasteiger charge is 2.57. The Morgan fingerprint density at radius 2 is 1.11 bits per heavy atom. The minimum Gasteiger partial charge on any atom is -0.394 e. The SMILES string of the molecule is N[C@H]1[C@H]([C@H](O)[C@H](O)CO)OC(O)(C(=O)OC(=O)C2(O)C[C@H](O)[C@@H](N)[C@H]([C@H](O)[C@H](O)CO)O2)C[C@@H]1O. The Hall–Kier alpha value is -1.42. The summed E-state index contributed by atoms with van der Waals surface area (Å²) in [5, 5.41) is 98.6. The van der Waals surface area contributed by atoms with Gasteiger partial charge < -0.3 is 76.7 Å². The van der Waals surface area contributed by atoms with Gasteiger partial charge in [0, 0.05) is 12.8 Å². The quantitative estimate of drug-likeness (QED) is 0.105. The molecule has 0 saturated carbocycles. The normalized spacial score (nSPS) is 41.5. The van der Waals surface area contributed by atoms with Gasteiger partial charge in [-0.2, -0.15) is 0 Å². The smallest absolute Gasteiger partial charge is 0.374 e. The van der Waals surface area contributed by atoms with Crippen molar-refractivity contribution in [3.05, 3.63) is 0 Å². The van der Waals surface area contributed by atoms with Gasteiger partial charge in [0.05, 0.1) is 37.5 Å². The van der Waals surface area contributed by atoms with Crippen LogP contribution in [0.3, 0.4) is 0 Å². The van der Waals surface area contributed by atoms with Gasteiger partial charge in [0.25, 0.3) is 11.6 Å². The molecule has 0 radical (unpaired) electrons. The molecule has 2 aliphatic rings. The second-order valence-electron chi connectivity index (χ2n) is 8.59. The summed E-state index contributed by atoms with van der Waals surface area (Å²) in [5.41, 5.74) is 11.3. The molecular weight excluding hydrogens is 484 g/mol. The second-order valence-corrected chi connectivity index (χ2v) is 8.59. The number of hydrogen-bond donors (Lipinski definition) is 12. The third kappa shape index (κ3) is 6.12. The van der Waals surface area contributed by atoms with Crippen LogP contribution in [0.4, 0.5) is 0 Å². The van der Waals surface area contributed by atoms with Gasteiger partial charge in [0.15, 0.2) is 0 Å². The average Bonchev–Trinajstić information content (AvgIpc) is 2.81. The Bertz CT molecular complexity index is 699. The number of esters is 2. The molecule has 204 valence electrons. The number of carbonyl (C=O) groups excluding carboxylic acids is 2. The number of aliphatic hydroxyl groups excluding tert-OH is 8. The maximum atomic E-state index is 12.6. The van der Waals surface area contributed by atoms with Crippen molar-refractivity contribution in [2.75, 3.05) is 13.2 Å². The van der Waals surface area contributed by atoms with Crippen LogP contribution >= 0.6 is 0 Å².